The van der Waals surface area contributed by atoms with Crippen molar-refractivity contribution in [3.8, 4) is 0 Å². The molecule has 17 heavy (non-hydrogen) atoms. The summed E-state index contributed by atoms with van der Waals surface area (Å²) >= 11 is 0. The summed E-state index contributed by atoms with van der Waals surface area (Å²) in [5.41, 5.74) is 0. The Balaban J connectivity index is 1.79. The average Bonchev–Trinajstić information content (AvgIpc) is 2.34. The molecule has 2 aliphatic rings. The maximum atomic E-state index is 12.1. The number of nitrogens with one attached hydrogen (secondary N) is 1. The lowest BCUT2D eigenvalue weighted by Gasteiger charge is -2.35. The first-order valence-electron chi connectivity index (χ1n) is 6.90. The molecule has 1 saturated carbocycles. The summed E-state index contributed by atoms with van der Waals surface area (Å²) in [7, 11) is 0. The number of amides is 2. The molecule has 1 saturated heterocycles. The van der Waals surface area contributed by atoms with Gasteiger partial charge in [0, 0.05) is 19.1 Å². The van der Waals surface area contributed by atoms with Crippen LogP contribution in [0.3, 0.4) is 0 Å². The van der Waals surface area contributed by atoms with Gasteiger partial charge in [0.05, 0.1) is 6.10 Å². The van der Waals surface area contributed by atoms with E-state index in [-0.39, 0.29) is 18.1 Å². The van der Waals surface area contributed by atoms with Gasteiger partial charge in [-0.25, -0.2) is 4.79 Å². The minimum absolute atomic E-state index is 0.0654. The topological polar surface area (TPSA) is 52.6 Å². The van der Waals surface area contributed by atoms with Crippen LogP contribution in [0.4, 0.5) is 4.79 Å². The fraction of sp³-hybridized carbons (Fsp3) is 0.923. The van der Waals surface area contributed by atoms with Crippen LogP contribution in [-0.2, 0) is 0 Å². The number of carbonyl (C=O) groups is 1. The molecule has 4 nitrogen and oxygen atoms in total. The maximum Gasteiger partial charge on any atom is 0.317 e. The van der Waals surface area contributed by atoms with E-state index in [0.29, 0.717) is 25.6 Å². The van der Waals surface area contributed by atoms with Gasteiger partial charge in [-0.05, 0) is 25.2 Å². The number of nitrogens with zero attached hydrogens (tertiary/aromatic N) is 1. The summed E-state index contributed by atoms with van der Waals surface area (Å²) < 4.78 is 0. The van der Waals surface area contributed by atoms with Gasteiger partial charge in [-0.1, -0.05) is 26.2 Å². The van der Waals surface area contributed by atoms with Crippen LogP contribution in [0.5, 0.6) is 0 Å². The van der Waals surface area contributed by atoms with Gasteiger partial charge >= 0.3 is 6.03 Å². The zero-order chi connectivity index (χ0) is 12.3. The lowest BCUT2D eigenvalue weighted by molar-refractivity contribution is 0.0473. The van der Waals surface area contributed by atoms with Crippen LogP contribution in [0.2, 0.25) is 0 Å². The molecule has 0 aromatic carbocycles. The molecular weight excluding hydrogens is 216 g/mol. The highest BCUT2D eigenvalue weighted by atomic mass is 16.3. The van der Waals surface area contributed by atoms with Gasteiger partial charge in [-0.15, -0.1) is 0 Å². The van der Waals surface area contributed by atoms with Crippen molar-refractivity contribution < 1.29 is 9.90 Å². The molecule has 2 atom stereocenters. The van der Waals surface area contributed by atoms with Gasteiger partial charge in [0.15, 0.2) is 0 Å². The smallest absolute Gasteiger partial charge is 0.317 e. The van der Waals surface area contributed by atoms with E-state index in [2.05, 4.69) is 5.32 Å². The molecule has 2 fully saturated rings. The number of hydrogen-bond donors (Lipinski definition) is 2. The number of hydrogen-bond acceptors (Lipinski definition) is 2. The third kappa shape index (κ3) is 3.35. The van der Waals surface area contributed by atoms with Crippen LogP contribution in [0.15, 0.2) is 0 Å². The Hall–Kier alpha value is -0.770. The molecule has 0 spiro atoms. The first-order chi connectivity index (χ1) is 8.16. The molecule has 2 unspecified atom stereocenters. The second-order valence-electron chi connectivity index (χ2n) is 5.56. The van der Waals surface area contributed by atoms with Gasteiger partial charge in [0.25, 0.3) is 0 Å². The van der Waals surface area contributed by atoms with Gasteiger partial charge in [-0.2, -0.15) is 0 Å². The van der Waals surface area contributed by atoms with Crippen molar-refractivity contribution in [3.63, 3.8) is 0 Å². The zero-order valence-corrected chi connectivity index (χ0v) is 10.7. The molecule has 0 aromatic rings. The first-order valence-corrected chi connectivity index (χ1v) is 6.90. The summed E-state index contributed by atoms with van der Waals surface area (Å²) in [4.78, 5) is 13.9. The average molecular weight is 240 g/mol. The van der Waals surface area contributed by atoms with Crippen molar-refractivity contribution in [2.75, 3.05) is 13.1 Å². The van der Waals surface area contributed by atoms with Gasteiger partial charge < -0.3 is 15.3 Å². The van der Waals surface area contributed by atoms with Crippen molar-refractivity contribution in [2.45, 2.75) is 57.6 Å². The molecule has 2 rings (SSSR count). The Morgan fingerprint density at radius 3 is 2.59 bits per heavy atom. The molecule has 98 valence electrons. The molecule has 0 radical (unpaired) electrons. The molecule has 1 heterocycles. The van der Waals surface area contributed by atoms with Crippen molar-refractivity contribution >= 4 is 6.03 Å². The second-order valence-corrected chi connectivity index (χ2v) is 5.56. The Morgan fingerprint density at radius 1 is 1.24 bits per heavy atom. The molecule has 4 heteroatoms. The van der Waals surface area contributed by atoms with Crippen LogP contribution in [0.1, 0.15) is 45.4 Å². The van der Waals surface area contributed by atoms with E-state index in [1.165, 1.54) is 19.3 Å². The lowest BCUT2D eigenvalue weighted by Crippen LogP contribution is -2.51. The minimum atomic E-state index is -0.242. The third-order valence-electron chi connectivity index (χ3n) is 4.08. The Kier molecular flexibility index (Phi) is 4.26. The summed E-state index contributed by atoms with van der Waals surface area (Å²) in [6, 6.07) is 0.439. The van der Waals surface area contributed by atoms with Gasteiger partial charge in [0.1, 0.15) is 0 Å². The van der Waals surface area contributed by atoms with Crippen LogP contribution in [-0.4, -0.2) is 41.3 Å². The molecule has 1 aliphatic heterocycles. The van der Waals surface area contributed by atoms with E-state index < -0.39 is 0 Å². The Morgan fingerprint density at radius 2 is 1.94 bits per heavy atom. The molecule has 2 amide bonds. The van der Waals surface area contributed by atoms with E-state index in [1.807, 2.05) is 11.8 Å². The summed E-state index contributed by atoms with van der Waals surface area (Å²) in [6.45, 7) is 3.37. The number of piperidine rings is 1. The van der Waals surface area contributed by atoms with Crippen molar-refractivity contribution in [3.05, 3.63) is 0 Å². The number of likely N-dealkylation sites (tertiary alicyclic amines) is 1. The lowest BCUT2D eigenvalue weighted by atomic mass is 9.95. The minimum Gasteiger partial charge on any atom is -0.393 e. The van der Waals surface area contributed by atoms with Crippen molar-refractivity contribution in [2.24, 2.45) is 5.92 Å². The highest BCUT2D eigenvalue weighted by molar-refractivity contribution is 5.74. The van der Waals surface area contributed by atoms with Gasteiger partial charge in [0.2, 0.25) is 0 Å². The number of urea groups is 1. The van der Waals surface area contributed by atoms with Crippen molar-refractivity contribution in [1.82, 2.24) is 10.2 Å². The molecule has 2 N–H and O–H groups in total. The van der Waals surface area contributed by atoms with E-state index in [9.17, 15) is 9.90 Å². The largest absolute Gasteiger partial charge is 0.393 e. The molecule has 1 aliphatic carbocycles. The Bertz CT molecular complexity index is 264. The number of rotatable bonds is 1. The molecular formula is C13H24N2O2. The SMILES string of the molecule is CC1CN(C(=O)NC2CCCCC2)CCC1O. The predicted molar refractivity (Wildman–Crippen MR) is 66.8 cm³/mol. The Labute approximate surface area is 103 Å². The van der Waals surface area contributed by atoms with E-state index in [1.54, 1.807) is 0 Å². The van der Waals surface area contributed by atoms with Crippen LogP contribution in [0.25, 0.3) is 0 Å². The number of carbonyl (C=O) groups excluding carboxylic acids is 1. The standard InChI is InChI=1S/C13H24N2O2/c1-10-9-15(8-7-12(10)16)13(17)14-11-5-3-2-4-6-11/h10-12,16H,2-9H2,1H3,(H,14,17). The van der Waals surface area contributed by atoms with E-state index in [4.69, 9.17) is 0 Å². The zero-order valence-electron chi connectivity index (χ0n) is 10.7. The predicted octanol–water partition coefficient (Wildman–Crippen LogP) is 1.73. The second kappa shape index (κ2) is 5.71. The van der Waals surface area contributed by atoms with Gasteiger partial charge in [-0.3, -0.25) is 0 Å². The normalized spacial score (nSPS) is 31.3. The molecule has 0 bridgehead atoms. The first kappa shape index (κ1) is 12.7. The highest BCUT2D eigenvalue weighted by Crippen LogP contribution is 2.19. The van der Waals surface area contributed by atoms with E-state index >= 15 is 0 Å². The quantitative estimate of drug-likeness (QED) is 0.733. The van der Waals surface area contributed by atoms with Crippen molar-refractivity contribution in [1.29, 1.82) is 0 Å². The molecule has 0 aromatic heterocycles. The van der Waals surface area contributed by atoms with Crippen LogP contribution < -0.4 is 5.32 Å². The fourth-order valence-corrected chi connectivity index (χ4v) is 2.83. The summed E-state index contributed by atoms with van der Waals surface area (Å²) in [5.74, 6) is 0.195. The van der Waals surface area contributed by atoms with E-state index in [0.717, 1.165) is 12.8 Å². The van der Waals surface area contributed by atoms with Crippen LogP contribution in [0, 0.1) is 5.92 Å². The fourth-order valence-electron chi connectivity index (χ4n) is 2.83. The van der Waals surface area contributed by atoms with Crippen LogP contribution >= 0.6 is 0 Å². The maximum absolute atomic E-state index is 12.1. The highest BCUT2D eigenvalue weighted by Gasteiger charge is 2.28. The number of aliphatic hydroxyl groups excluding tert-OH is 1. The summed E-state index contributed by atoms with van der Waals surface area (Å²) in [6.07, 6.45) is 6.49. The third-order valence-corrected chi connectivity index (χ3v) is 4.08. The monoisotopic (exact) mass is 240 g/mol. The number of aliphatic hydroxyl groups is 1. The summed E-state index contributed by atoms with van der Waals surface area (Å²) in [5, 5.41) is 12.8.